The third-order valence-electron chi connectivity index (χ3n) is 5.89. The fourth-order valence-corrected chi connectivity index (χ4v) is 3.90. The minimum Gasteiger partial charge on any atom is -0.481 e. The average molecular weight is 442 g/mol. The number of rotatable bonds is 6. The van der Waals surface area contributed by atoms with Gasteiger partial charge >= 0.3 is 5.97 Å². The number of aliphatic imine (C=N–C) groups is 1. The molecule has 2 aromatic rings. The molecule has 6 heteroatoms. The number of nitrogens with one attached hydrogen (secondary N) is 2. The highest BCUT2D eigenvalue weighted by Crippen LogP contribution is 2.25. The number of carbonyl (C=O) groups excluding carboxylic acids is 1. The van der Waals surface area contributed by atoms with Crippen molar-refractivity contribution < 1.29 is 14.7 Å². The van der Waals surface area contributed by atoms with E-state index in [1.54, 1.807) is 6.08 Å². The van der Waals surface area contributed by atoms with Crippen LogP contribution in [0, 0.1) is 20.8 Å². The molecule has 33 heavy (non-hydrogen) atoms. The molecule has 1 aliphatic heterocycles. The van der Waals surface area contributed by atoms with E-state index in [2.05, 4.69) is 10.6 Å². The SMILES string of the molecule is Cc1ccc(NC(=O)C2=CC=C3CC(=C2)NC(c2ccc(CCC(=O)O)cc2C)=N3)cc1C. The largest absolute Gasteiger partial charge is 0.481 e. The zero-order valence-corrected chi connectivity index (χ0v) is 19.0. The Balaban J connectivity index is 1.51. The van der Waals surface area contributed by atoms with Crippen LogP contribution in [0.25, 0.3) is 0 Å². The Morgan fingerprint density at radius 3 is 2.58 bits per heavy atom. The topological polar surface area (TPSA) is 90.8 Å². The molecule has 6 nitrogen and oxygen atoms in total. The van der Waals surface area contributed by atoms with Crippen LogP contribution in [0.3, 0.4) is 0 Å². The second-order valence-corrected chi connectivity index (χ2v) is 8.51. The lowest BCUT2D eigenvalue weighted by atomic mass is 10.0. The minimum absolute atomic E-state index is 0.108. The quantitative estimate of drug-likeness (QED) is 0.605. The van der Waals surface area contributed by atoms with Crippen LogP contribution in [-0.4, -0.2) is 22.8 Å². The van der Waals surface area contributed by atoms with E-state index in [0.29, 0.717) is 18.4 Å². The van der Waals surface area contributed by atoms with E-state index in [-0.39, 0.29) is 12.3 Å². The number of fused-ring (bicyclic) bond motifs is 2. The molecular weight excluding hydrogens is 414 g/mol. The lowest BCUT2D eigenvalue weighted by Gasteiger charge is -2.21. The molecule has 1 amide bonds. The van der Waals surface area contributed by atoms with E-state index in [9.17, 15) is 9.59 Å². The van der Waals surface area contributed by atoms with Crippen molar-refractivity contribution in [1.29, 1.82) is 0 Å². The van der Waals surface area contributed by atoms with E-state index in [1.807, 2.05) is 69.3 Å². The molecule has 0 aromatic heterocycles. The molecule has 1 aliphatic carbocycles. The highest BCUT2D eigenvalue weighted by Gasteiger charge is 2.20. The predicted molar refractivity (Wildman–Crippen MR) is 130 cm³/mol. The van der Waals surface area contributed by atoms with Crippen LogP contribution in [0.4, 0.5) is 5.69 Å². The molecule has 0 radical (unpaired) electrons. The van der Waals surface area contributed by atoms with E-state index in [0.717, 1.165) is 45.2 Å². The van der Waals surface area contributed by atoms with Crippen LogP contribution in [-0.2, 0) is 16.0 Å². The van der Waals surface area contributed by atoms with Gasteiger partial charge in [0.15, 0.2) is 0 Å². The van der Waals surface area contributed by atoms with Crippen molar-refractivity contribution in [1.82, 2.24) is 5.32 Å². The van der Waals surface area contributed by atoms with Crippen LogP contribution in [0.2, 0.25) is 0 Å². The normalized spacial score (nSPS) is 14.8. The van der Waals surface area contributed by atoms with Crippen molar-refractivity contribution >= 4 is 23.4 Å². The summed E-state index contributed by atoms with van der Waals surface area (Å²) in [5.41, 5.74) is 8.37. The van der Waals surface area contributed by atoms with Crippen LogP contribution >= 0.6 is 0 Å². The summed E-state index contributed by atoms with van der Waals surface area (Å²) in [4.78, 5) is 28.5. The highest BCUT2D eigenvalue weighted by atomic mass is 16.4. The van der Waals surface area contributed by atoms with Crippen LogP contribution in [0.1, 0.15) is 40.7 Å². The molecule has 1 heterocycles. The van der Waals surface area contributed by atoms with Gasteiger partial charge in [-0.2, -0.15) is 0 Å². The Kier molecular flexibility index (Phi) is 6.27. The van der Waals surface area contributed by atoms with Gasteiger partial charge in [0.2, 0.25) is 0 Å². The monoisotopic (exact) mass is 441 g/mol. The third kappa shape index (κ3) is 5.29. The summed E-state index contributed by atoms with van der Waals surface area (Å²) < 4.78 is 0. The Hall–Kier alpha value is -3.93. The smallest absolute Gasteiger partial charge is 0.303 e. The standard InChI is InChI=1S/C27H27N3O3/c1-16-4-8-21(13-17(16)2)30-27(33)20-7-9-22-15-23(14-20)29-26(28-22)24-10-5-19(12-18(24)3)6-11-25(31)32/h4-5,7-10,12-14H,6,11,15H2,1-3H3,(H,28,29)(H,30,33)(H,31,32). The maximum Gasteiger partial charge on any atom is 0.303 e. The van der Waals surface area contributed by atoms with Gasteiger partial charge in [-0.3, -0.25) is 9.59 Å². The summed E-state index contributed by atoms with van der Waals surface area (Å²) in [5, 5.41) is 15.3. The number of hydrogen-bond acceptors (Lipinski definition) is 4. The average Bonchev–Trinajstić information content (AvgIpc) is 2.92. The van der Waals surface area contributed by atoms with Gasteiger partial charge in [-0.1, -0.05) is 24.3 Å². The molecule has 0 saturated carbocycles. The van der Waals surface area contributed by atoms with Crippen LogP contribution < -0.4 is 10.6 Å². The van der Waals surface area contributed by atoms with Crippen LogP contribution in [0.15, 0.2) is 76.6 Å². The molecular formula is C27H27N3O3. The summed E-state index contributed by atoms with van der Waals surface area (Å²) in [5.74, 6) is -0.245. The second kappa shape index (κ2) is 9.28. The van der Waals surface area contributed by atoms with Crippen molar-refractivity contribution in [3.8, 4) is 0 Å². The molecule has 0 fully saturated rings. The van der Waals surface area contributed by atoms with E-state index in [1.165, 1.54) is 5.56 Å². The fourth-order valence-electron chi connectivity index (χ4n) is 3.90. The Labute approximate surface area is 193 Å². The summed E-state index contributed by atoms with van der Waals surface area (Å²) in [6.45, 7) is 6.06. The minimum atomic E-state index is -0.803. The zero-order chi connectivity index (χ0) is 23.5. The number of nitrogens with zero attached hydrogens (tertiary/aromatic N) is 1. The van der Waals surface area contributed by atoms with Gasteiger partial charge < -0.3 is 15.7 Å². The number of carboxylic acids is 1. The van der Waals surface area contributed by atoms with Crippen molar-refractivity contribution in [2.75, 3.05) is 5.32 Å². The van der Waals surface area contributed by atoms with Gasteiger partial charge in [0.25, 0.3) is 5.91 Å². The molecule has 0 spiro atoms. The number of amides is 1. The van der Waals surface area contributed by atoms with Gasteiger partial charge in [0, 0.05) is 41.1 Å². The van der Waals surface area contributed by atoms with E-state index < -0.39 is 5.97 Å². The number of aryl methyl sites for hydroxylation is 4. The maximum absolute atomic E-state index is 12.9. The number of carbonyl (C=O) groups is 2. The summed E-state index contributed by atoms with van der Waals surface area (Å²) in [7, 11) is 0. The first-order chi connectivity index (χ1) is 15.8. The first kappa shape index (κ1) is 22.3. The lowest BCUT2D eigenvalue weighted by Crippen LogP contribution is -2.29. The van der Waals surface area contributed by atoms with Gasteiger partial charge in [0.05, 0.1) is 0 Å². The Bertz CT molecular complexity index is 1270. The number of anilines is 1. The van der Waals surface area contributed by atoms with Crippen molar-refractivity contribution in [3.63, 3.8) is 0 Å². The molecule has 0 saturated heterocycles. The van der Waals surface area contributed by atoms with Gasteiger partial charge in [-0.05, 0) is 79.8 Å². The molecule has 3 N–H and O–H groups in total. The van der Waals surface area contributed by atoms with Crippen molar-refractivity contribution in [2.24, 2.45) is 4.99 Å². The van der Waals surface area contributed by atoms with Crippen molar-refractivity contribution in [3.05, 3.63) is 99.4 Å². The molecule has 0 atom stereocenters. The molecule has 4 rings (SSSR count). The number of hydrogen-bond donors (Lipinski definition) is 3. The van der Waals surface area contributed by atoms with Crippen molar-refractivity contribution in [2.45, 2.75) is 40.0 Å². The van der Waals surface area contributed by atoms with Crippen LogP contribution in [0.5, 0.6) is 0 Å². The third-order valence-corrected chi connectivity index (χ3v) is 5.89. The van der Waals surface area contributed by atoms with Gasteiger partial charge in [-0.15, -0.1) is 0 Å². The number of allylic oxidation sites excluding steroid dienone is 2. The number of benzene rings is 2. The first-order valence-electron chi connectivity index (χ1n) is 11.0. The molecule has 168 valence electrons. The summed E-state index contributed by atoms with van der Waals surface area (Å²) in [6, 6.07) is 11.8. The molecule has 2 aromatic carbocycles. The predicted octanol–water partition coefficient (Wildman–Crippen LogP) is 4.72. The van der Waals surface area contributed by atoms with E-state index in [4.69, 9.17) is 10.1 Å². The fraction of sp³-hybridized carbons (Fsp3) is 0.222. The molecule has 2 bridgehead atoms. The Morgan fingerprint density at radius 2 is 1.85 bits per heavy atom. The Morgan fingerprint density at radius 1 is 1.03 bits per heavy atom. The molecule has 0 unspecified atom stereocenters. The number of amidine groups is 1. The highest BCUT2D eigenvalue weighted by molar-refractivity contribution is 6.07. The number of aliphatic carboxylic acids is 1. The summed E-state index contributed by atoms with van der Waals surface area (Å²) in [6.07, 6.45) is 6.78. The second-order valence-electron chi connectivity index (χ2n) is 8.51. The maximum atomic E-state index is 12.9. The summed E-state index contributed by atoms with van der Waals surface area (Å²) >= 11 is 0. The lowest BCUT2D eigenvalue weighted by molar-refractivity contribution is -0.137. The zero-order valence-electron chi connectivity index (χ0n) is 19.0. The van der Waals surface area contributed by atoms with Gasteiger partial charge in [-0.25, -0.2) is 4.99 Å². The van der Waals surface area contributed by atoms with E-state index >= 15 is 0 Å². The van der Waals surface area contributed by atoms with Gasteiger partial charge in [0.1, 0.15) is 5.84 Å². The molecule has 2 aliphatic rings. The first-order valence-corrected chi connectivity index (χ1v) is 11.0. The number of carboxylic acid groups (broad SMARTS) is 1.